The summed E-state index contributed by atoms with van der Waals surface area (Å²) < 4.78 is 5.63. The van der Waals surface area contributed by atoms with Gasteiger partial charge in [-0.1, -0.05) is 13.8 Å². The number of nitrogens with one attached hydrogen (secondary N) is 1. The fraction of sp³-hybridized carbons (Fsp3) is 0.538. The molecule has 0 spiro atoms. The molecular formula is C13H21NO. The van der Waals surface area contributed by atoms with Crippen LogP contribution in [0.5, 0.6) is 5.75 Å². The Hall–Kier alpha value is -1.18. The summed E-state index contributed by atoms with van der Waals surface area (Å²) in [4.78, 5) is 0. The van der Waals surface area contributed by atoms with Gasteiger partial charge in [-0.25, -0.2) is 0 Å². The Labute approximate surface area is 92.6 Å². The molecule has 0 amide bonds. The third-order valence-corrected chi connectivity index (χ3v) is 2.34. The Morgan fingerprint density at radius 2 is 1.87 bits per heavy atom. The Morgan fingerprint density at radius 3 is 2.40 bits per heavy atom. The summed E-state index contributed by atoms with van der Waals surface area (Å²) in [6, 6.07) is 8.05. The van der Waals surface area contributed by atoms with Gasteiger partial charge < -0.3 is 10.1 Å². The van der Waals surface area contributed by atoms with Crippen LogP contribution in [0.25, 0.3) is 0 Å². The lowest BCUT2D eigenvalue weighted by Crippen LogP contribution is -1.99. The van der Waals surface area contributed by atoms with Crippen LogP contribution in [0, 0.1) is 5.92 Å². The van der Waals surface area contributed by atoms with Gasteiger partial charge in [-0.05, 0) is 43.0 Å². The van der Waals surface area contributed by atoms with Crippen LogP contribution in [0.3, 0.4) is 0 Å². The molecule has 0 aliphatic rings. The van der Waals surface area contributed by atoms with Crippen LogP contribution in [-0.4, -0.2) is 13.7 Å². The standard InChI is InChI=1S/C13H21NO/c1-11(2)5-4-10-15-13-8-6-12(14-3)7-9-13/h6-9,11,14H,4-5,10H2,1-3H3. The summed E-state index contributed by atoms with van der Waals surface area (Å²) >= 11 is 0. The minimum absolute atomic E-state index is 0.764. The molecule has 0 saturated carbocycles. The summed E-state index contributed by atoms with van der Waals surface area (Å²) in [5.74, 6) is 1.72. The number of anilines is 1. The van der Waals surface area contributed by atoms with E-state index in [-0.39, 0.29) is 0 Å². The normalized spacial score (nSPS) is 10.4. The van der Waals surface area contributed by atoms with Gasteiger partial charge in [0.25, 0.3) is 0 Å². The van der Waals surface area contributed by atoms with E-state index in [0.717, 1.165) is 30.4 Å². The van der Waals surface area contributed by atoms with Crippen molar-refractivity contribution >= 4 is 5.69 Å². The number of ether oxygens (including phenoxy) is 1. The van der Waals surface area contributed by atoms with Crippen molar-refractivity contribution in [2.24, 2.45) is 5.92 Å². The van der Waals surface area contributed by atoms with Gasteiger partial charge in [0, 0.05) is 12.7 Å². The first-order chi connectivity index (χ1) is 7.22. The van der Waals surface area contributed by atoms with Crippen LogP contribution < -0.4 is 10.1 Å². The van der Waals surface area contributed by atoms with Crippen molar-refractivity contribution < 1.29 is 4.74 Å². The lowest BCUT2D eigenvalue weighted by atomic mass is 10.1. The molecule has 0 atom stereocenters. The number of benzene rings is 1. The molecule has 0 bridgehead atoms. The zero-order chi connectivity index (χ0) is 11.1. The second kappa shape index (κ2) is 6.33. The minimum atomic E-state index is 0.764. The van der Waals surface area contributed by atoms with Gasteiger partial charge in [-0.15, -0.1) is 0 Å². The van der Waals surface area contributed by atoms with E-state index in [2.05, 4.69) is 19.2 Å². The molecule has 2 nitrogen and oxygen atoms in total. The van der Waals surface area contributed by atoms with Gasteiger partial charge in [0.2, 0.25) is 0 Å². The lowest BCUT2D eigenvalue weighted by molar-refractivity contribution is 0.298. The first-order valence-corrected chi connectivity index (χ1v) is 5.63. The quantitative estimate of drug-likeness (QED) is 0.720. The molecule has 1 aromatic carbocycles. The average molecular weight is 207 g/mol. The fourth-order valence-electron chi connectivity index (χ4n) is 1.40. The molecule has 0 aliphatic carbocycles. The zero-order valence-corrected chi connectivity index (χ0v) is 9.92. The van der Waals surface area contributed by atoms with E-state index in [1.807, 2.05) is 31.3 Å². The minimum Gasteiger partial charge on any atom is -0.494 e. The van der Waals surface area contributed by atoms with Gasteiger partial charge in [0.05, 0.1) is 6.61 Å². The zero-order valence-electron chi connectivity index (χ0n) is 9.92. The van der Waals surface area contributed by atoms with Gasteiger partial charge in [-0.3, -0.25) is 0 Å². The molecule has 0 aromatic heterocycles. The van der Waals surface area contributed by atoms with Crippen LogP contribution in [0.2, 0.25) is 0 Å². The summed E-state index contributed by atoms with van der Waals surface area (Å²) in [6.07, 6.45) is 2.36. The van der Waals surface area contributed by atoms with Crippen molar-refractivity contribution in [3.8, 4) is 5.75 Å². The molecular weight excluding hydrogens is 186 g/mol. The maximum Gasteiger partial charge on any atom is 0.119 e. The maximum atomic E-state index is 5.63. The molecule has 1 rings (SSSR count). The average Bonchev–Trinajstić information content (AvgIpc) is 2.25. The third kappa shape index (κ3) is 4.73. The van der Waals surface area contributed by atoms with Crippen LogP contribution in [0.4, 0.5) is 5.69 Å². The molecule has 2 heteroatoms. The van der Waals surface area contributed by atoms with E-state index < -0.39 is 0 Å². The van der Waals surface area contributed by atoms with E-state index in [1.54, 1.807) is 0 Å². The van der Waals surface area contributed by atoms with Gasteiger partial charge in [0.15, 0.2) is 0 Å². The third-order valence-electron chi connectivity index (χ3n) is 2.34. The lowest BCUT2D eigenvalue weighted by Gasteiger charge is -2.08. The van der Waals surface area contributed by atoms with Crippen molar-refractivity contribution in [3.63, 3.8) is 0 Å². The molecule has 0 unspecified atom stereocenters. The highest BCUT2D eigenvalue weighted by molar-refractivity contribution is 5.45. The smallest absolute Gasteiger partial charge is 0.119 e. The Kier molecular flexibility index (Phi) is 5.02. The number of hydrogen-bond acceptors (Lipinski definition) is 2. The number of rotatable bonds is 6. The summed E-state index contributed by atoms with van der Waals surface area (Å²) in [5, 5.41) is 3.08. The monoisotopic (exact) mass is 207 g/mol. The van der Waals surface area contributed by atoms with Crippen molar-refractivity contribution in [2.45, 2.75) is 26.7 Å². The largest absolute Gasteiger partial charge is 0.494 e. The van der Waals surface area contributed by atoms with E-state index in [0.29, 0.717) is 0 Å². The van der Waals surface area contributed by atoms with Crippen LogP contribution in [0.15, 0.2) is 24.3 Å². The maximum absolute atomic E-state index is 5.63. The topological polar surface area (TPSA) is 21.3 Å². The van der Waals surface area contributed by atoms with E-state index in [4.69, 9.17) is 4.74 Å². The van der Waals surface area contributed by atoms with Crippen LogP contribution in [0.1, 0.15) is 26.7 Å². The molecule has 0 radical (unpaired) electrons. The molecule has 0 saturated heterocycles. The van der Waals surface area contributed by atoms with E-state index in [1.165, 1.54) is 6.42 Å². The SMILES string of the molecule is CNc1ccc(OCCCC(C)C)cc1. The van der Waals surface area contributed by atoms with Crippen molar-refractivity contribution in [1.29, 1.82) is 0 Å². The Bertz CT molecular complexity index is 266. The van der Waals surface area contributed by atoms with Gasteiger partial charge >= 0.3 is 0 Å². The van der Waals surface area contributed by atoms with Crippen molar-refractivity contribution in [2.75, 3.05) is 19.0 Å². The van der Waals surface area contributed by atoms with Gasteiger partial charge in [0.1, 0.15) is 5.75 Å². The molecule has 0 fully saturated rings. The van der Waals surface area contributed by atoms with Crippen molar-refractivity contribution in [3.05, 3.63) is 24.3 Å². The summed E-state index contributed by atoms with van der Waals surface area (Å²) in [7, 11) is 1.92. The molecule has 0 heterocycles. The van der Waals surface area contributed by atoms with E-state index >= 15 is 0 Å². The first-order valence-electron chi connectivity index (χ1n) is 5.63. The predicted octanol–water partition coefficient (Wildman–Crippen LogP) is 3.54. The highest BCUT2D eigenvalue weighted by atomic mass is 16.5. The number of hydrogen-bond donors (Lipinski definition) is 1. The summed E-state index contributed by atoms with van der Waals surface area (Å²) in [6.45, 7) is 5.29. The predicted molar refractivity (Wildman–Crippen MR) is 65.6 cm³/mol. The van der Waals surface area contributed by atoms with Crippen LogP contribution >= 0.6 is 0 Å². The first kappa shape index (κ1) is 11.9. The van der Waals surface area contributed by atoms with E-state index in [9.17, 15) is 0 Å². The highest BCUT2D eigenvalue weighted by Gasteiger charge is 1.96. The van der Waals surface area contributed by atoms with Crippen LogP contribution in [-0.2, 0) is 0 Å². The molecule has 84 valence electrons. The summed E-state index contributed by atoms with van der Waals surface area (Å²) in [5.41, 5.74) is 1.12. The molecule has 1 aromatic rings. The Balaban J connectivity index is 2.25. The molecule has 0 aliphatic heterocycles. The Morgan fingerprint density at radius 1 is 1.20 bits per heavy atom. The second-order valence-electron chi connectivity index (χ2n) is 4.16. The van der Waals surface area contributed by atoms with Crippen molar-refractivity contribution in [1.82, 2.24) is 0 Å². The fourth-order valence-corrected chi connectivity index (χ4v) is 1.40. The van der Waals surface area contributed by atoms with Gasteiger partial charge in [-0.2, -0.15) is 0 Å². The molecule has 15 heavy (non-hydrogen) atoms. The second-order valence-corrected chi connectivity index (χ2v) is 4.16. The highest BCUT2D eigenvalue weighted by Crippen LogP contribution is 2.15. The molecule has 1 N–H and O–H groups in total.